The Morgan fingerprint density at radius 1 is 0.810 bits per heavy atom. The molecule has 0 aliphatic rings. The van der Waals surface area contributed by atoms with E-state index in [1.807, 2.05) is 54.6 Å². The van der Waals surface area contributed by atoms with Gasteiger partial charge >= 0.3 is 0 Å². The van der Waals surface area contributed by atoms with Gasteiger partial charge in [-0.2, -0.15) is 0 Å². The van der Waals surface area contributed by atoms with Crippen molar-refractivity contribution < 1.29 is 19.7 Å². The van der Waals surface area contributed by atoms with Crippen LogP contribution in [-0.4, -0.2) is 59.7 Å². The van der Waals surface area contributed by atoms with Crippen molar-refractivity contribution in [1.29, 1.82) is 0 Å². The molecule has 0 fully saturated rings. The Balaban J connectivity index is 1.69. The molecule has 0 saturated heterocycles. The van der Waals surface area contributed by atoms with Crippen LogP contribution in [0.3, 0.4) is 0 Å². The molecule has 0 aliphatic carbocycles. The number of hydrogen-bond donors (Lipinski definition) is 4. The van der Waals surface area contributed by atoms with Gasteiger partial charge in [0, 0.05) is 60.2 Å². The van der Waals surface area contributed by atoms with Crippen LogP contribution in [0, 0.1) is 0 Å². The first-order chi connectivity index (χ1) is 20.2. The quantitative estimate of drug-likeness (QED) is 0.152. The lowest BCUT2D eigenvalue weighted by Gasteiger charge is -2.15. The van der Waals surface area contributed by atoms with Crippen LogP contribution in [0.4, 0.5) is 0 Å². The van der Waals surface area contributed by atoms with Gasteiger partial charge in [-0.15, -0.1) is 0 Å². The van der Waals surface area contributed by atoms with Crippen LogP contribution in [-0.2, 0) is 13.1 Å². The van der Waals surface area contributed by atoms with Gasteiger partial charge in [-0.3, -0.25) is 4.98 Å². The number of hydrogen-bond acceptors (Lipinski definition) is 8. The number of nitrogens with zero attached hydrogens (tertiary/aromatic N) is 2. The van der Waals surface area contributed by atoms with Crippen molar-refractivity contribution in [3.8, 4) is 45.3 Å². The maximum atomic E-state index is 9.59. The topological polar surface area (TPSA) is 109 Å². The maximum absolute atomic E-state index is 9.59. The zero-order valence-corrected chi connectivity index (χ0v) is 25.6. The van der Waals surface area contributed by atoms with Crippen molar-refractivity contribution in [2.24, 2.45) is 0 Å². The lowest BCUT2D eigenvalue weighted by Crippen LogP contribution is -2.24. The molecule has 0 bridgehead atoms. The van der Waals surface area contributed by atoms with E-state index in [1.54, 1.807) is 34.3 Å². The SMILES string of the molecule is COc1cc(CNC[C@H](C)O)cc(-c2nccc(-c3cccc(-c4ccc(CNC[C@@H](C)O)c(OC)n4)c3Cl)c2Cl)c1. The summed E-state index contributed by atoms with van der Waals surface area (Å²) < 4.78 is 11.1. The summed E-state index contributed by atoms with van der Waals surface area (Å²) in [7, 11) is 3.19. The van der Waals surface area contributed by atoms with Crippen molar-refractivity contribution in [2.75, 3.05) is 27.3 Å². The van der Waals surface area contributed by atoms with E-state index in [0.717, 1.165) is 33.4 Å². The summed E-state index contributed by atoms with van der Waals surface area (Å²) in [5, 5.41) is 26.5. The molecular weight excluding hydrogens is 575 g/mol. The fraction of sp³-hybridized carbons (Fsp3) is 0.312. The second-order valence-electron chi connectivity index (χ2n) is 10.1. The molecule has 0 spiro atoms. The van der Waals surface area contributed by atoms with Crippen LogP contribution in [0.15, 0.2) is 60.8 Å². The van der Waals surface area contributed by atoms with Gasteiger partial charge in [-0.25, -0.2) is 4.98 Å². The molecule has 222 valence electrons. The van der Waals surface area contributed by atoms with Crippen LogP contribution in [0.5, 0.6) is 11.6 Å². The molecular formula is C32H36Cl2N4O4. The summed E-state index contributed by atoms with van der Waals surface area (Å²) in [6.07, 6.45) is 0.810. The third-order valence-corrected chi connectivity index (χ3v) is 7.38. The molecule has 4 aromatic rings. The van der Waals surface area contributed by atoms with Crippen molar-refractivity contribution in [3.05, 3.63) is 82.0 Å². The van der Waals surface area contributed by atoms with E-state index in [1.165, 1.54) is 0 Å². The molecule has 4 rings (SSSR count). The van der Waals surface area contributed by atoms with E-state index in [9.17, 15) is 10.2 Å². The Hall–Kier alpha value is -3.24. The highest BCUT2D eigenvalue weighted by atomic mass is 35.5. The summed E-state index contributed by atoms with van der Waals surface area (Å²) in [6.45, 7) is 5.45. The van der Waals surface area contributed by atoms with Gasteiger partial charge in [0.2, 0.25) is 5.88 Å². The highest BCUT2D eigenvalue weighted by Gasteiger charge is 2.18. The van der Waals surface area contributed by atoms with Crippen molar-refractivity contribution in [2.45, 2.75) is 39.1 Å². The van der Waals surface area contributed by atoms with Gasteiger partial charge in [-0.1, -0.05) is 47.5 Å². The largest absolute Gasteiger partial charge is 0.497 e. The number of halogens is 2. The molecule has 10 heteroatoms. The molecule has 2 atom stereocenters. The fourth-order valence-corrected chi connectivity index (χ4v) is 5.23. The summed E-state index contributed by atoms with van der Waals surface area (Å²) in [5.41, 5.74) is 6.11. The summed E-state index contributed by atoms with van der Waals surface area (Å²) in [5.74, 6) is 1.15. The van der Waals surface area contributed by atoms with Gasteiger partial charge in [0.1, 0.15) is 5.75 Å². The number of pyridine rings is 2. The highest BCUT2D eigenvalue weighted by Crippen LogP contribution is 2.42. The first-order valence-electron chi connectivity index (χ1n) is 13.6. The minimum atomic E-state index is -0.450. The Labute approximate surface area is 256 Å². The van der Waals surface area contributed by atoms with Crippen LogP contribution in [0.2, 0.25) is 10.0 Å². The minimum absolute atomic E-state index is 0.449. The lowest BCUT2D eigenvalue weighted by molar-refractivity contribution is 0.190. The van der Waals surface area contributed by atoms with E-state index in [4.69, 9.17) is 37.7 Å². The molecule has 0 saturated carbocycles. The number of rotatable bonds is 13. The number of methoxy groups -OCH3 is 2. The van der Waals surface area contributed by atoms with E-state index >= 15 is 0 Å². The standard InChI is InChI=1S/C32H36Cl2N4O4/c1-19(39)15-35-17-21-12-23(14-24(13-21)41-3)31-30(34)26(10-11-37-31)25-6-5-7-27(29(25)33)28-9-8-22(32(38-28)42-4)18-36-16-20(2)40/h5-14,19-20,35-36,39-40H,15-18H2,1-4H3/t19-,20+/m0/s1. The van der Waals surface area contributed by atoms with Crippen LogP contribution in [0.25, 0.3) is 33.6 Å². The fourth-order valence-electron chi connectivity index (χ4n) is 4.58. The summed E-state index contributed by atoms with van der Waals surface area (Å²) in [6, 6.07) is 17.2. The normalized spacial score (nSPS) is 12.7. The number of ether oxygens (including phenoxy) is 2. The van der Waals surface area contributed by atoms with Gasteiger partial charge in [0.15, 0.2) is 0 Å². The van der Waals surface area contributed by atoms with E-state index in [-0.39, 0.29) is 0 Å². The molecule has 42 heavy (non-hydrogen) atoms. The zero-order chi connectivity index (χ0) is 30.2. The molecule has 8 nitrogen and oxygen atoms in total. The molecule has 2 heterocycles. The molecule has 4 N–H and O–H groups in total. The molecule has 0 aliphatic heterocycles. The predicted molar refractivity (Wildman–Crippen MR) is 168 cm³/mol. The van der Waals surface area contributed by atoms with Gasteiger partial charge in [0.25, 0.3) is 0 Å². The third kappa shape index (κ3) is 7.77. The van der Waals surface area contributed by atoms with Crippen LogP contribution in [0.1, 0.15) is 25.0 Å². The Morgan fingerprint density at radius 3 is 2.19 bits per heavy atom. The number of aliphatic hydroxyl groups is 2. The van der Waals surface area contributed by atoms with E-state index in [0.29, 0.717) is 59.2 Å². The maximum Gasteiger partial charge on any atom is 0.218 e. The van der Waals surface area contributed by atoms with Gasteiger partial charge < -0.3 is 30.3 Å². The van der Waals surface area contributed by atoms with E-state index < -0.39 is 12.2 Å². The van der Waals surface area contributed by atoms with Gasteiger partial charge in [0.05, 0.1) is 47.9 Å². The Bertz CT molecular complexity index is 1510. The smallest absolute Gasteiger partial charge is 0.218 e. The Morgan fingerprint density at radius 2 is 1.50 bits per heavy atom. The van der Waals surface area contributed by atoms with Crippen LogP contribution < -0.4 is 20.1 Å². The number of nitrogens with one attached hydrogen (secondary N) is 2. The highest BCUT2D eigenvalue weighted by molar-refractivity contribution is 6.39. The van der Waals surface area contributed by atoms with Crippen LogP contribution >= 0.6 is 23.2 Å². The molecule has 0 amide bonds. The average Bonchev–Trinajstić information content (AvgIpc) is 2.97. The molecule has 0 radical (unpaired) electrons. The predicted octanol–water partition coefficient (Wildman–Crippen LogP) is 5.74. The summed E-state index contributed by atoms with van der Waals surface area (Å²) in [4.78, 5) is 9.31. The van der Waals surface area contributed by atoms with Gasteiger partial charge in [-0.05, 0) is 49.7 Å². The second kappa shape index (κ2) is 14.8. The molecule has 2 aromatic heterocycles. The first-order valence-corrected chi connectivity index (χ1v) is 14.4. The second-order valence-corrected chi connectivity index (χ2v) is 10.8. The zero-order valence-electron chi connectivity index (χ0n) is 24.1. The molecule has 0 unspecified atom stereocenters. The number of aromatic nitrogens is 2. The first kappa shape index (κ1) is 31.7. The van der Waals surface area contributed by atoms with Crippen molar-refractivity contribution in [1.82, 2.24) is 20.6 Å². The monoisotopic (exact) mass is 610 g/mol. The average molecular weight is 612 g/mol. The van der Waals surface area contributed by atoms with E-state index in [2.05, 4.69) is 15.6 Å². The number of aliphatic hydroxyl groups excluding tert-OH is 2. The van der Waals surface area contributed by atoms with Crippen molar-refractivity contribution >= 4 is 23.2 Å². The third-order valence-electron chi connectivity index (χ3n) is 6.59. The lowest BCUT2D eigenvalue weighted by atomic mass is 9.99. The molecule has 2 aromatic carbocycles. The van der Waals surface area contributed by atoms with Crippen molar-refractivity contribution in [3.63, 3.8) is 0 Å². The Kier molecular flexibility index (Phi) is 11.2. The summed E-state index contributed by atoms with van der Waals surface area (Å²) >= 11 is 14.0. The minimum Gasteiger partial charge on any atom is -0.497 e. The number of benzene rings is 2.